The van der Waals surface area contributed by atoms with Crippen molar-refractivity contribution >= 4 is 27.7 Å². The van der Waals surface area contributed by atoms with Gasteiger partial charge in [-0.1, -0.05) is 6.92 Å². The molecule has 0 saturated carbocycles. The highest BCUT2D eigenvalue weighted by molar-refractivity contribution is 9.10. The summed E-state index contributed by atoms with van der Waals surface area (Å²) < 4.78 is 4.50. The molecule has 20 heavy (non-hydrogen) atoms. The van der Waals surface area contributed by atoms with Crippen molar-refractivity contribution in [1.29, 1.82) is 0 Å². The number of nitrogens with one attached hydrogen (secondary N) is 1. The first kappa shape index (κ1) is 14.8. The van der Waals surface area contributed by atoms with Gasteiger partial charge in [0.1, 0.15) is 0 Å². The Morgan fingerprint density at radius 3 is 2.65 bits per heavy atom. The number of rotatable bonds is 4. The van der Waals surface area contributed by atoms with Crippen LogP contribution in [-0.2, 0) is 18.4 Å². The molecule has 2 aromatic rings. The maximum atomic E-state index is 12.1. The normalized spacial score (nSPS) is 12.4. The Morgan fingerprint density at radius 2 is 2.15 bits per heavy atom. The minimum Gasteiger partial charge on any atom is -0.309 e. The van der Waals surface area contributed by atoms with Crippen molar-refractivity contribution in [2.24, 2.45) is 13.0 Å². The maximum Gasteiger partial charge on any atom is 0.230 e. The van der Waals surface area contributed by atoms with Crippen molar-refractivity contribution in [3.63, 3.8) is 0 Å². The third kappa shape index (κ3) is 3.09. The van der Waals surface area contributed by atoms with Gasteiger partial charge in [0.15, 0.2) is 5.82 Å². The van der Waals surface area contributed by atoms with E-state index in [0.29, 0.717) is 12.4 Å². The number of amides is 1. The fourth-order valence-corrected chi connectivity index (χ4v) is 2.21. The van der Waals surface area contributed by atoms with E-state index in [9.17, 15) is 4.79 Å². The molecule has 0 aliphatic rings. The van der Waals surface area contributed by atoms with E-state index >= 15 is 0 Å². The fraction of sp³-hybridized carbons (Fsp3) is 0.462. The Labute approximate surface area is 126 Å². The topological polar surface area (TPSA) is 64.7 Å². The van der Waals surface area contributed by atoms with Crippen LogP contribution in [0.1, 0.15) is 18.3 Å². The minimum atomic E-state index is -0.193. The maximum absolute atomic E-state index is 12.1. The molecule has 2 rings (SSSR count). The van der Waals surface area contributed by atoms with Crippen LogP contribution in [0.25, 0.3) is 0 Å². The molecular formula is C13H18BrN5O. The predicted molar refractivity (Wildman–Crippen MR) is 80.4 cm³/mol. The number of hydrogen-bond acceptors (Lipinski definition) is 3. The SMILES string of the molecule is Cc1nn(C[C@H](C)C(=O)Nc2ccn(C)n2)c(C)c1Br. The Kier molecular flexibility index (Phi) is 4.27. The van der Waals surface area contributed by atoms with Gasteiger partial charge in [0.25, 0.3) is 0 Å². The number of aromatic nitrogens is 4. The van der Waals surface area contributed by atoms with E-state index in [1.807, 2.05) is 32.5 Å². The Morgan fingerprint density at radius 1 is 1.45 bits per heavy atom. The lowest BCUT2D eigenvalue weighted by Gasteiger charge is -2.12. The monoisotopic (exact) mass is 339 g/mol. The first-order chi connectivity index (χ1) is 9.38. The molecule has 2 heterocycles. The first-order valence-corrected chi connectivity index (χ1v) is 7.17. The van der Waals surface area contributed by atoms with Crippen molar-refractivity contribution in [3.05, 3.63) is 28.1 Å². The van der Waals surface area contributed by atoms with E-state index in [0.717, 1.165) is 15.9 Å². The molecule has 0 aliphatic carbocycles. The lowest BCUT2D eigenvalue weighted by Crippen LogP contribution is -2.25. The number of hydrogen-bond donors (Lipinski definition) is 1. The summed E-state index contributed by atoms with van der Waals surface area (Å²) in [6.07, 6.45) is 1.79. The van der Waals surface area contributed by atoms with Gasteiger partial charge in [-0.3, -0.25) is 14.2 Å². The average molecular weight is 340 g/mol. The first-order valence-electron chi connectivity index (χ1n) is 6.38. The summed E-state index contributed by atoms with van der Waals surface area (Å²) in [5.74, 6) is 0.313. The lowest BCUT2D eigenvalue weighted by atomic mass is 10.1. The van der Waals surface area contributed by atoms with Crippen LogP contribution in [0.3, 0.4) is 0 Å². The van der Waals surface area contributed by atoms with Gasteiger partial charge in [-0.25, -0.2) is 0 Å². The smallest absolute Gasteiger partial charge is 0.230 e. The highest BCUT2D eigenvalue weighted by atomic mass is 79.9. The second kappa shape index (κ2) is 5.78. The highest BCUT2D eigenvalue weighted by Gasteiger charge is 2.17. The fourth-order valence-electron chi connectivity index (χ4n) is 1.93. The molecule has 1 atom stereocenters. The predicted octanol–water partition coefficient (Wildman–Crippen LogP) is 2.27. The van der Waals surface area contributed by atoms with E-state index in [4.69, 9.17) is 0 Å². The van der Waals surface area contributed by atoms with Crippen molar-refractivity contribution in [3.8, 4) is 0 Å². The van der Waals surface area contributed by atoms with Crippen LogP contribution in [0.15, 0.2) is 16.7 Å². The summed E-state index contributed by atoms with van der Waals surface area (Å²) in [5, 5.41) is 11.3. The molecule has 1 amide bonds. The number of carbonyl (C=O) groups is 1. The summed E-state index contributed by atoms with van der Waals surface area (Å²) in [7, 11) is 1.81. The van der Waals surface area contributed by atoms with Crippen molar-refractivity contribution in [1.82, 2.24) is 19.6 Å². The van der Waals surface area contributed by atoms with Crippen LogP contribution in [0, 0.1) is 19.8 Å². The number of anilines is 1. The van der Waals surface area contributed by atoms with Crippen LogP contribution in [0.4, 0.5) is 5.82 Å². The molecule has 0 bridgehead atoms. The van der Waals surface area contributed by atoms with Crippen molar-refractivity contribution < 1.29 is 4.79 Å². The standard InChI is InChI=1S/C13H18BrN5O/c1-8(7-19-10(3)12(14)9(2)16-19)13(20)15-11-5-6-18(4)17-11/h5-6,8H,7H2,1-4H3,(H,15,17,20)/t8-/m0/s1. The lowest BCUT2D eigenvalue weighted by molar-refractivity contribution is -0.119. The van der Waals surface area contributed by atoms with Crippen LogP contribution in [0.2, 0.25) is 0 Å². The van der Waals surface area contributed by atoms with Gasteiger partial charge in [0, 0.05) is 25.0 Å². The van der Waals surface area contributed by atoms with Crippen LogP contribution >= 0.6 is 15.9 Å². The molecule has 7 heteroatoms. The number of halogens is 1. The molecule has 6 nitrogen and oxygen atoms in total. The van der Waals surface area contributed by atoms with E-state index in [1.54, 1.807) is 16.9 Å². The largest absolute Gasteiger partial charge is 0.309 e. The van der Waals surface area contributed by atoms with E-state index in [-0.39, 0.29) is 11.8 Å². The molecule has 0 unspecified atom stereocenters. The minimum absolute atomic E-state index is 0.0626. The summed E-state index contributed by atoms with van der Waals surface area (Å²) in [4.78, 5) is 12.1. The summed E-state index contributed by atoms with van der Waals surface area (Å²) in [5.41, 5.74) is 1.96. The molecule has 0 fully saturated rings. The van der Waals surface area contributed by atoms with Gasteiger partial charge in [0.05, 0.1) is 22.6 Å². The zero-order valence-corrected chi connectivity index (χ0v) is 13.6. The molecule has 2 aromatic heterocycles. The van der Waals surface area contributed by atoms with Gasteiger partial charge in [-0.2, -0.15) is 10.2 Å². The molecule has 0 radical (unpaired) electrons. The second-order valence-electron chi connectivity index (χ2n) is 4.93. The molecule has 0 spiro atoms. The third-order valence-electron chi connectivity index (χ3n) is 3.15. The Hall–Kier alpha value is -1.63. The molecule has 0 aliphatic heterocycles. The van der Waals surface area contributed by atoms with Crippen molar-refractivity contribution in [2.75, 3.05) is 5.32 Å². The van der Waals surface area contributed by atoms with Gasteiger partial charge < -0.3 is 5.32 Å². The zero-order chi connectivity index (χ0) is 14.9. The molecular weight excluding hydrogens is 322 g/mol. The molecule has 1 N–H and O–H groups in total. The number of aryl methyl sites for hydroxylation is 2. The van der Waals surface area contributed by atoms with Crippen molar-refractivity contribution in [2.45, 2.75) is 27.3 Å². The molecule has 108 valence electrons. The zero-order valence-electron chi connectivity index (χ0n) is 12.0. The third-order valence-corrected chi connectivity index (χ3v) is 4.30. The van der Waals surface area contributed by atoms with Gasteiger partial charge in [-0.15, -0.1) is 0 Å². The summed E-state index contributed by atoms with van der Waals surface area (Å²) in [6, 6.07) is 1.77. The van der Waals surface area contributed by atoms with Gasteiger partial charge >= 0.3 is 0 Å². The Balaban J connectivity index is 2.02. The average Bonchev–Trinajstić information content (AvgIpc) is 2.89. The quantitative estimate of drug-likeness (QED) is 0.929. The second-order valence-corrected chi connectivity index (χ2v) is 5.72. The van der Waals surface area contributed by atoms with E-state index in [2.05, 4.69) is 31.4 Å². The van der Waals surface area contributed by atoms with Gasteiger partial charge in [-0.05, 0) is 29.8 Å². The molecule has 0 aromatic carbocycles. The van der Waals surface area contributed by atoms with Gasteiger partial charge in [0.2, 0.25) is 5.91 Å². The Bertz CT molecular complexity index is 631. The number of carbonyl (C=O) groups excluding carboxylic acids is 1. The van der Waals surface area contributed by atoms with E-state index < -0.39 is 0 Å². The highest BCUT2D eigenvalue weighted by Crippen LogP contribution is 2.20. The number of nitrogens with zero attached hydrogens (tertiary/aromatic N) is 4. The summed E-state index contributed by atoms with van der Waals surface area (Å²) >= 11 is 3.49. The van der Waals surface area contributed by atoms with Crippen LogP contribution < -0.4 is 5.32 Å². The summed E-state index contributed by atoms with van der Waals surface area (Å²) in [6.45, 7) is 6.33. The molecule has 0 saturated heterocycles. The van der Waals surface area contributed by atoms with Crippen LogP contribution in [-0.4, -0.2) is 25.5 Å². The van der Waals surface area contributed by atoms with Crippen LogP contribution in [0.5, 0.6) is 0 Å². The van der Waals surface area contributed by atoms with E-state index in [1.165, 1.54) is 0 Å².